The number of nitrogens with zero attached hydrogens (tertiary/aromatic N) is 1. The molecule has 0 bridgehead atoms. The Hall–Kier alpha value is -1.43. The summed E-state index contributed by atoms with van der Waals surface area (Å²) >= 11 is 0. The molecule has 3 amide bonds. The van der Waals surface area contributed by atoms with Gasteiger partial charge in [0.2, 0.25) is 11.8 Å². The largest absolute Gasteiger partial charge is 0.446 e. The van der Waals surface area contributed by atoms with Crippen LogP contribution < -0.4 is 0 Å². The van der Waals surface area contributed by atoms with Gasteiger partial charge in [0.05, 0.1) is 6.61 Å². The molecule has 0 atom stereocenters. The van der Waals surface area contributed by atoms with Gasteiger partial charge in [0, 0.05) is 19.4 Å². The molecule has 0 aromatic heterocycles. The van der Waals surface area contributed by atoms with Crippen molar-refractivity contribution in [1.29, 1.82) is 0 Å². The van der Waals surface area contributed by atoms with Gasteiger partial charge in [0.1, 0.15) is 6.61 Å². The third-order valence-corrected chi connectivity index (χ3v) is 2.04. The number of imide groups is 3. The Kier molecular flexibility index (Phi) is 4.91. The number of ether oxygens (including phenoxy) is 2. The molecule has 0 radical (unpaired) electrons. The van der Waals surface area contributed by atoms with Gasteiger partial charge in [-0.05, 0) is 6.42 Å². The average molecular weight is 229 g/mol. The van der Waals surface area contributed by atoms with Gasteiger partial charge in [-0.2, -0.15) is 4.90 Å². The van der Waals surface area contributed by atoms with Crippen LogP contribution in [0.15, 0.2) is 0 Å². The molecule has 1 aliphatic heterocycles. The lowest BCUT2D eigenvalue weighted by Gasteiger charge is -2.11. The normalized spacial score (nSPS) is 15.7. The predicted octanol–water partition coefficient (Wildman–Crippen LogP) is 0.699. The van der Waals surface area contributed by atoms with E-state index in [1.54, 1.807) is 0 Å². The van der Waals surface area contributed by atoms with Crippen molar-refractivity contribution in [1.82, 2.24) is 4.90 Å². The Morgan fingerprint density at radius 2 is 1.81 bits per heavy atom. The Labute approximate surface area is 93.5 Å². The van der Waals surface area contributed by atoms with E-state index in [9.17, 15) is 14.4 Å². The Balaban J connectivity index is 2.24. The molecule has 0 aromatic rings. The number of carbonyl (C=O) groups excluding carboxylic acids is 3. The first-order valence-corrected chi connectivity index (χ1v) is 5.27. The van der Waals surface area contributed by atoms with Gasteiger partial charge >= 0.3 is 6.09 Å². The van der Waals surface area contributed by atoms with Gasteiger partial charge in [-0.15, -0.1) is 0 Å². The molecular formula is C10H15NO5. The quantitative estimate of drug-likeness (QED) is 0.512. The lowest BCUT2D eigenvalue weighted by atomic mass is 10.4. The number of hydrogen-bond acceptors (Lipinski definition) is 5. The fourth-order valence-corrected chi connectivity index (χ4v) is 1.28. The molecular weight excluding hydrogens is 214 g/mol. The van der Waals surface area contributed by atoms with Crippen LogP contribution in [0.2, 0.25) is 0 Å². The van der Waals surface area contributed by atoms with E-state index in [1.165, 1.54) is 0 Å². The van der Waals surface area contributed by atoms with Crippen molar-refractivity contribution in [3.05, 3.63) is 0 Å². The van der Waals surface area contributed by atoms with Crippen molar-refractivity contribution < 1.29 is 23.9 Å². The molecule has 0 unspecified atom stereocenters. The van der Waals surface area contributed by atoms with Crippen LogP contribution in [-0.2, 0) is 19.1 Å². The second-order valence-corrected chi connectivity index (χ2v) is 3.35. The standard InChI is InChI=1S/C10H15NO5/c1-2-5-15-6-7-16-10(14)11-8(12)3-4-9(11)13/h2-7H2,1H3. The summed E-state index contributed by atoms with van der Waals surface area (Å²) in [5.74, 6) is -0.992. The van der Waals surface area contributed by atoms with Gasteiger partial charge in [0.15, 0.2) is 0 Å². The minimum absolute atomic E-state index is 0.0515. The molecule has 0 aliphatic carbocycles. The fraction of sp³-hybridized carbons (Fsp3) is 0.700. The fourth-order valence-electron chi connectivity index (χ4n) is 1.28. The van der Waals surface area contributed by atoms with Crippen molar-refractivity contribution in [2.24, 2.45) is 0 Å². The maximum absolute atomic E-state index is 11.3. The molecule has 1 fully saturated rings. The number of rotatable bonds is 5. The summed E-state index contributed by atoms with van der Waals surface area (Å²) in [6, 6.07) is 0. The monoisotopic (exact) mass is 229 g/mol. The second kappa shape index (κ2) is 6.22. The van der Waals surface area contributed by atoms with Crippen LogP contribution in [0.3, 0.4) is 0 Å². The van der Waals surface area contributed by atoms with Gasteiger partial charge in [0.25, 0.3) is 0 Å². The van der Waals surface area contributed by atoms with Crippen LogP contribution in [0, 0.1) is 0 Å². The van der Waals surface area contributed by atoms with Gasteiger partial charge in [-0.1, -0.05) is 6.92 Å². The predicted molar refractivity (Wildman–Crippen MR) is 53.5 cm³/mol. The SMILES string of the molecule is CCCOCCOC(=O)N1C(=O)CCC1=O. The zero-order chi connectivity index (χ0) is 12.0. The van der Waals surface area contributed by atoms with E-state index in [0.29, 0.717) is 11.5 Å². The maximum atomic E-state index is 11.3. The highest BCUT2D eigenvalue weighted by atomic mass is 16.6. The molecule has 6 heteroatoms. The third-order valence-electron chi connectivity index (χ3n) is 2.04. The van der Waals surface area contributed by atoms with Crippen LogP contribution in [0.4, 0.5) is 4.79 Å². The molecule has 16 heavy (non-hydrogen) atoms. The van der Waals surface area contributed by atoms with Gasteiger partial charge in [-0.25, -0.2) is 4.79 Å². The van der Waals surface area contributed by atoms with Crippen molar-refractivity contribution in [3.63, 3.8) is 0 Å². The minimum atomic E-state index is -0.896. The van der Waals surface area contributed by atoms with E-state index in [-0.39, 0.29) is 26.1 Å². The van der Waals surface area contributed by atoms with E-state index in [1.807, 2.05) is 6.92 Å². The van der Waals surface area contributed by atoms with E-state index >= 15 is 0 Å². The number of amides is 3. The smallest absolute Gasteiger partial charge is 0.423 e. The molecule has 0 saturated carbocycles. The molecule has 1 heterocycles. The molecule has 0 spiro atoms. The summed E-state index contributed by atoms with van der Waals surface area (Å²) < 4.78 is 9.82. The van der Waals surface area contributed by atoms with Crippen molar-refractivity contribution in [2.75, 3.05) is 19.8 Å². The second-order valence-electron chi connectivity index (χ2n) is 3.35. The first-order chi connectivity index (χ1) is 7.66. The van der Waals surface area contributed by atoms with Gasteiger partial charge < -0.3 is 9.47 Å². The Bertz CT molecular complexity index is 273. The highest BCUT2D eigenvalue weighted by Crippen LogP contribution is 2.12. The topological polar surface area (TPSA) is 72.9 Å². The Morgan fingerprint density at radius 1 is 1.19 bits per heavy atom. The molecule has 0 aromatic carbocycles. The average Bonchev–Trinajstić information content (AvgIpc) is 2.58. The molecule has 1 rings (SSSR count). The highest BCUT2D eigenvalue weighted by molar-refractivity contribution is 6.13. The summed E-state index contributed by atoms with van der Waals surface area (Å²) in [7, 11) is 0. The summed E-state index contributed by atoms with van der Waals surface area (Å²) in [6.45, 7) is 2.89. The zero-order valence-corrected chi connectivity index (χ0v) is 9.23. The van der Waals surface area contributed by atoms with Gasteiger partial charge in [-0.3, -0.25) is 9.59 Å². The Morgan fingerprint density at radius 3 is 2.38 bits per heavy atom. The molecule has 90 valence electrons. The van der Waals surface area contributed by atoms with E-state index in [2.05, 4.69) is 0 Å². The first-order valence-electron chi connectivity index (χ1n) is 5.27. The lowest BCUT2D eigenvalue weighted by Crippen LogP contribution is -2.36. The molecule has 1 saturated heterocycles. The number of carbonyl (C=O) groups is 3. The van der Waals surface area contributed by atoms with Crippen LogP contribution in [0.5, 0.6) is 0 Å². The molecule has 0 N–H and O–H groups in total. The first kappa shape index (κ1) is 12.6. The van der Waals surface area contributed by atoms with Crippen LogP contribution in [-0.4, -0.2) is 42.6 Å². The van der Waals surface area contributed by atoms with E-state index < -0.39 is 17.9 Å². The van der Waals surface area contributed by atoms with Crippen molar-refractivity contribution in [2.45, 2.75) is 26.2 Å². The summed E-state index contributed by atoms with van der Waals surface area (Å²) in [4.78, 5) is 34.1. The summed E-state index contributed by atoms with van der Waals surface area (Å²) in [6.07, 6.45) is 0.157. The van der Waals surface area contributed by atoms with E-state index in [0.717, 1.165) is 6.42 Å². The molecule has 1 aliphatic rings. The summed E-state index contributed by atoms with van der Waals surface area (Å²) in [5.41, 5.74) is 0. The maximum Gasteiger partial charge on any atom is 0.423 e. The molecule has 6 nitrogen and oxygen atoms in total. The summed E-state index contributed by atoms with van der Waals surface area (Å²) in [5, 5.41) is 0. The van der Waals surface area contributed by atoms with Crippen molar-refractivity contribution >= 4 is 17.9 Å². The van der Waals surface area contributed by atoms with Crippen molar-refractivity contribution in [3.8, 4) is 0 Å². The zero-order valence-electron chi connectivity index (χ0n) is 9.23. The van der Waals surface area contributed by atoms with Crippen LogP contribution in [0.25, 0.3) is 0 Å². The van der Waals surface area contributed by atoms with E-state index in [4.69, 9.17) is 9.47 Å². The van der Waals surface area contributed by atoms with Crippen LogP contribution in [0.1, 0.15) is 26.2 Å². The third kappa shape index (κ3) is 3.30. The number of likely N-dealkylation sites (tertiary alicyclic amines) is 1. The number of hydrogen-bond donors (Lipinski definition) is 0. The minimum Gasteiger partial charge on any atom is -0.446 e. The lowest BCUT2D eigenvalue weighted by molar-refractivity contribution is -0.136. The van der Waals surface area contributed by atoms with Crippen LogP contribution >= 0.6 is 0 Å². The highest BCUT2D eigenvalue weighted by Gasteiger charge is 2.35.